The lowest BCUT2D eigenvalue weighted by Gasteiger charge is -2.26. The number of rotatable bonds is 19. The fourth-order valence-electron chi connectivity index (χ4n) is 5.79. The molecule has 6 N–H and O–H groups in total. The molecule has 0 bridgehead atoms. The molecule has 2 aliphatic heterocycles. The van der Waals surface area contributed by atoms with Crippen LogP contribution in [0.2, 0.25) is 0 Å². The summed E-state index contributed by atoms with van der Waals surface area (Å²) in [4.78, 5) is 52.9. The van der Waals surface area contributed by atoms with Crippen molar-refractivity contribution in [2.45, 2.75) is 63.5 Å². The number of carbonyl (C=O) groups is 4. The van der Waals surface area contributed by atoms with Crippen LogP contribution in [0, 0.1) is 0 Å². The van der Waals surface area contributed by atoms with Crippen molar-refractivity contribution in [2.24, 2.45) is 11.5 Å². The van der Waals surface area contributed by atoms with Crippen LogP contribution in [0.3, 0.4) is 0 Å². The lowest BCUT2D eigenvalue weighted by atomic mass is 10.0. The third kappa shape index (κ3) is 11.5. The normalized spacial score (nSPS) is 15.4. The van der Waals surface area contributed by atoms with Gasteiger partial charge in [0.05, 0.1) is 12.1 Å². The summed E-state index contributed by atoms with van der Waals surface area (Å²) in [6.45, 7) is 2.10. The van der Waals surface area contributed by atoms with Crippen molar-refractivity contribution in [1.82, 2.24) is 20.4 Å². The molecule has 2 aliphatic rings. The third-order valence-electron chi connectivity index (χ3n) is 8.57. The van der Waals surface area contributed by atoms with E-state index in [9.17, 15) is 19.2 Å². The van der Waals surface area contributed by atoms with Gasteiger partial charge >= 0.3 is 0 Å². The summed E-state index contributed by atoms with van der Waals surface area (Å²) in [6.07, 6.45) is 17.2. The summed E-state index contributed by atoms with van der Waals surface area (Å²) in [7, 11) is 0. The smallest absolute Gasteiger partial charge is 0.248 e. The van der Waals surface area contributed by atoms with Crippen LogP contribution in [-0.4, -0.2) is 71.7 Å². The van der Waals surface area contributed by atoms with Crippen molar-refractivity contribution in [2.75, 3.05) is 26.2 Å². The molecule has 0 saturated carbocycles. The molecular formula is C38H48N6O4. The van der Waals surface area contributed by atoms with E-state index in [0.717, 1.165) is 62.7 Å². The third-order valence-corrected chi connectivity index (χ3v) is 8.57. The predicted octanol–water partition coefficient (Wildman–Crippen LogP) is 3.26. The van der Waals surface area contributed by atoms with E-state index in [1.165, 1.54) is 0 Å². The molecule has 2 aromatic rings. The number of hydrogen-bond donors (Lipinski definition) is 4. The first-order valence-electron chi connectivity index (χ1n) is 16.8. The maximum absolute atomic E-state index is 13.4. The van der Waals surface area contributed by atoms with Crippen LogP contribution in [0.4, 0.5) is 0 Å². The number of hydrogen-bond acceptors (Lipinski definition) is 6. The van der Waals surface area contributed by atoms with E-state index in [-0.39, 0.29) is 23.9 Å². The van der Waals surface area contributed by atoms with Crippen LogP contribution in [0.15, 0.2) is 109 Å². The number of nitrogens with two attached hydrogens (primary N) is 2. The summed E-state index contributed by atoms with van der Waals surface area (Å²) in [5.41, 5.74) is 13.7. The summed E-state index contributed by atoms with van der Waals surface area (Å²) >= 11 is 0. The lowest BCUT2D eigenvalue weighted by molar-refractivity contribution is -0.131. The van der Waals surface area contributed by atoms with Crippen LogP contribution in [-0.2, 0) is 32.0 Å². The molecule has 254 valence electrons. The Hall–Kier alpha value is -4.80. The molecule has 0 aromatic heterocycles. The zero-order valence-corrected chi connectivity index (χ0v) is 27.6. The highest BCUT2D eigenvalue weighted by atomic mass is 16.2. The maximum atomic E-state index is 13.4. The first-order chi connectivity index (χ1) is 23.3. The number of benzene rings is 2. The standard InChI is InChI=1S/C38H48N6O4/c39-35(45)31-17-23-43(24-18-31)37(47)33(27-29-13-7-5-8-14-29)41-21-11-3-1-2-4-12-22-42-34(28-30-15-9-6-10-16-30)38(48)44-25-19-32(20-26-44)36(40)46/h5-10,13-20,23,25,33-34,41-42H,1-4,11-12,21-22,24,26-28H2,(H2,39,45)(H2,40,46). The van der Waals surface area contributed by atoms with Gasteiger partial charge in [-0.25, -0.2) is 0 Å². The summed E-state index contributed by atoms with van der Waals surface area (Å²) in [6, 6.07) is 19.2. The van der Waals surface area contributed by atoms with E-state index >= 15 is 0 Å². The van der Waals surface area contributed by atoms with Crippen molar-refractivity contribution in [3.63, 3.8) is 0 Å². The molecule has 0 radical (unpaired) electrons. The molecule has 2 aromatic carbocycles. The summed E-state index contributed by atoms with van der Waals surface area (Å²) in [5, 5.41) is 6.95. The molecule has 0 saturated heterocycles. The number of carbonyl (C=O) groups excluding carboxylic acids is 4. The minimum atomic E-state index is -0.498. The molecule has 10 heteroatoms. The van der Waals surface area contributed by atoms with Gasteiger partial charge in [-0.05, 0) is 62.1 Å². The van der Waals surface area contributed by atoms with Gasteiger partial charge in [-0.15, -0.1) is 0 Å². The first-order valence-corrected chi connectivity index (χ1v) is 16.8. The number of nitrogens with zero attached hydrogens (tertiary/aromatic N) is 2. The fourth-order valence-corrected chi connectivity index (χ4v) is 5.79. The molecule has 0 spiro atoms. The number of primary amides is 2. The Kier molecular flexibility index (Phi) is 14.4. The van der Waals surface area contributed by atoms with Crippen LogP contribution >= 0.6 is 0 Å². The number of unbranched alkanes of at least 4 members (excludes halogenated alkanes) is 5. The molecule has 4 amide bonds. The highest BCUT2D eigenvalue weighted by Crippen LogP contribution is 2.14. The topological polar surface area (TPSA) is 151 Å². The van der Waals surface area contributed by atoms with E-state index in [2.05, 4.69) is 10.6 Å². The van der Waals surface area contributed by atoms with Crippen LogP contribution in [0.25, 0.3) is 0 Å². The number of amides is 4. The van der Waals surface area contributed by atoms with Crippen LogP contribution in [0.5, 0.6) is 0 Å². The van der Waals surface area contributed by atoms with Gasteiger partial charge in [0, 0.05) is 36.6 Å². The Labute approximate surface area is 283 Å². The average Bonchev–Trinajstić information content (AvgIpc) is 3.11. The molecule has 0 fully saturated rings. The zero-order valence-electron chi connectivity index (χ0n) is 27.6. The highest BCUT2D eigenvalue weighted by molar-refractivity contribution is 5.96. The molecule has 10 nitrogen and oxygen atoms in total. The monoisotopic (exact) mass is 652 g/mol. The zero-order chi connectivity index (χ0) is 34.1. The van der Waals surface area contributed by atoms with E-state index in [1.54, 1.807) is 46.5 Å². The first kappa shape index (κ1) is 36.0. The van der Waals surface area contributed by atoms with Gasteiger partial charge in [-0.1, -0.05) is 98.5 Å². The van der Waals surface area contributed by atoms with Crippen LogP contribution in [0.1, 0.15) is 49.7 Å². The molecule has 48 heavy (non-hydrogen) atoms. The van der Waals surface area contributed by atoms with Crippen molar-refractivity contribution < 1.29 is 19.2 Å². The van der Waals surface area contributed by atoms with Gasteiger partial charge < -0.3 is 31.9 Å². The largest absolute Gasteiger partial charge is 0.366 e. The van der Waals surface area contributed by atoms with E-state index < -0.39 is 11.8 Å². The SMILES string of the molecule is NC(=O)C1=CCN(C(=O)C(Cc2ccccc2)NCCCCCCCCNC(Cc2ccccc2)C(=O)N2C=CC(C(N)=O)=CC2)C=C1. The van der Waals surface area contributed by atoms with Crippen molar-refractivity contribution in [1.29, 1.82) is 0 Å². The van der Waals surface area contributed by atoms with Gasteiger partial charge in [0.25, 0.3) is 0 Å². The van der Waals surface area contributed by atoms with Gasteiger partial charge in [0.1, 0.15) is 0 Å². The minimum absolute atomic E-state index is 0.0328. The van der Waals surface area contributed by atoms with Crippen molar-refractivity contribution in [3.05, 3.63) is 120 Å². The average molecular weight is 653 g/mol. The molecule has 0 aliphatic carbocycles. The molecule has 2 heterocycles. The van der Waals surface area contributed by atoms with E-state index in [4.69, 9.17) is 11.5 Å². The minimum Gasteiger partial charge on any atom is -0.366 e. The van der Waals surface area contributed by atoms with Gasteiger partial charge in [-0.2, -0.15) is 0 Å². The summed E-state index contributed by atoms with van der Waals surface area (Å²) < 4.78 is 0. The highest BCUT2D eigenvalue weighted by Gasteiger charge is 2.25. The van der Waals surface area contributed by atoms with Gasteiger partial charge in [0.15, 0.2) is 0 Å². The Morgan fingerprint density at radius 1 is 0.583 bits per heavy atom. The Morgan fingerprint density at radius 3 is 1.29 bits per heavy atom. The molecule has 4 rings (SSSR count). The lowest BCUT2D eigenvalue weighted by Crippen LogP contribution is -2.47. The molecule has 2 unspecified atom stereocenters. The fraction of sp³-hybridized carbons (Fsp3) is 0.368. The van der Waals surface area contributed by atoms with Gasteiger partial charge in [0.2, 0.25) is 23.6 Å². The quantitative estimate of drug-likeness (QED) is 0.171. The summed E-state index contributed by atoms with van der Waals surface area (Å²) in [5.74, 6) is -1.06. The Morgan fingerprint density at radius 2 is 0.958 bits per heavy atom. The Bertz CT molecular complexity index is 1390. The van der Waals surface area contributed by atoms with Crippen LogP contribution < -0.4 is 22.1 Å². The van der Waals surface area contributed by atoms with Crippen molar-refractivity contribution in [3.8, 4) is 0 Å². The Balaban J connectivity index is 1.16. The number of nitrogens with one attached hydrogen (secondary N) is 2. The van der Waals surface area contributed by atoms with Gasteiger partial charge in [-0.3, -0.25) is 19.2 Å². The molecular weight excluding hydrogens is 604 g/mol. The van der Waals surface area contributed by atoms with E-state index in [1.807, 2.05) is 60.7 Å². The second-order valence-electron chi connectivity index (χ2n) is 12.2. The second kappa shape index (κ2) is 19.1. The predicted molar refractivity (Wildman–Crippen MR) is 188 cm³/mol. The second-order valence-corrected chi connectivity index (χ2v) is 12.2. The molecule has 2 atom stereocenters. The van der Waals surface area contributed by atoms with E-state index in [0.29, 0.717) is 37.1 Å². The maximum Gasteiger partial charge on any atom is 0.248 e. The van der Waals surface area contributed by atoms with Crippen molar-refractivity contribution >= 4 is 23.6 Å².